The van der Waals surface area contributed by atoms with E-state index in [1.807, 2.05) is 40.7 Å². The largest absolute Gasteiger partial charge is 0.481 e. The van der Waals surface area contributed by atoms with Crippen LogP contribution in [0.1, 0.15) is 90.6 Å². The van der Waals surface area contributed by atoms with Crippen LogP contribution >= 0.6 is 35.3 Å². The SMILES string of the molecule is C.C=CCS[C@@H](C)[C@H](C)C(=O)O.C=CCS[C@@H](C)[C@H](C)C(=O)OC.CC(O)[C@H](C)C(=O)O.COC(=O)[C@@H](C)[C@@H](C)OS(=O)(=O)c1ccc(C)cc1.COC(=O)[C@@H](C)[C@H](C)SC(C)=O.[2HH].[B]. The zero-order valence-electron chi connectivity index (χ0n) is 39.5. The van der Waals surface area contributed by atoms with Gasteiger partial charge in [-0.2, -0.15) is 31.9 Å². The van der Waals surface area contributed by atoms with E-state index in [1.165, 1.54) is 72.9 Å². The van der Waals surface area contributed by atoms with Gasteiger partial charge in [0.1, 0.15) is 0 Å². The molecule has 1 rings (SSSR count). The molecule has 0 fully saturated rings. The number of carbonyl (C=O) groups is 6. The summed E-state index contributed by atoms with van der Waals surface area (Å²) in [4.78, 5) is 64.6. The molecule has 0 aliphatic heterocycles. The summed E-state index contributed by atoms with van der Waals surface area (Å²) >= 11 is 4.49. The number of carboxylic acids is 2. The number of carbonyl (C=O) groups excluding carboxylic acids is 4. The molecular weight excluding hydrogens is 908 g/mol. The first-order chi connectivity index (χ1) is 28.5. The Labute approximate surface area is 400 Å². The third-order valence-corrected chi connectivity index (χ3v) is 14.2. The van der Waals surface area contributed by atoms with Gasteiger partial charge in [-0.3, -0.25) is 33.0 Å². The zero-order chi connectivity index (χ0) is 49.5. The second-order valence-electron chi connectivity index (χ2n) is 14.0. The molecule has 1 aromatic carbocycles. The van der Waals surface area contributed by atoms with Gasteiger partial charge in [0.15, 0.2) is 5.12 Å². The van der Waals surface area contributed by atoms with Gasteiger partial charge in [0.2, 0.25) is 0 Å². The summed E-state index contributed by atoms with van der Waals surface area (Å²) < 4.78 is 42.8. The lowest BCUT2D eigenvalue weighted by molar-refractivity contribution is -0.148. The number of esters is 3. The van der Waals surface area contributed by atoms with Gasteiger partial charge >= 0.3 is 29.8 Å². The van der Waals surface area contributed by atoms with Gasteiger partial charge in [-0.25, -0.2) is 0 Å². The molecule has 0 bridgehead atoms. The van der Waals surface area contributed by atoms with E-state index in [2.05, 4.69) is 27.4 Å². The van der Waals surface area contributed by atoms with Crippen molar-refractivity contribution < 1.29 is 72.3 Å². The summed E-state index contributed by atoms with van der Waals surface area (Å²) in [5.41, 5.74) is 0.954. The van der Waals surface area contributed by atoms with E-state index in [-0.39, 0.29) is 72.7 Å². The first-order valence-corrected chi connectivity index (χ1v) is 23.9. The molecule has 15 nitrogen and oxygen atoms in total. The van der Waals surface area contributed by atoms with Crippen molar-refractivity contribution in [3.8, 4) is 0 Å². The topological polar surface area (TPSA) is 234 Å². The number of hydrogen-bond acceptors (Lipinski definition) is 16. The van der Waals surface area contributed by atoms with Gasteiger partial charge in [-0.15, -0.1) is 13.2 Å². The van der Waals surface area contributed by atoms with Crippen LogP contribution in [0.4, 0.5) is 0 Å². The molecule has 0 aliphatic carbocycles. The molecule has 1 unspecified atom stereocenters. The Bertz CT molecular complexity index is 1620. The maximum Gasteiger partial charge on any atom is 0.311 e. The highest BCUT2D eigenvalue weighted by Crippen LogP contribution is 2.22. The number of ether oxygens (including phenoxy) is 3. The first kappa shape index (κ1) is 72.3. The Kier molecular flexibility index (Phi) is 45.2. The van der Waals surface area contributed by atoms with Crippen LogP contribution in [0.2, 0.25) is 0 Å². The smallest absolute Gasteiger partial charge is 0.311 e. The second kappa shape index (κ2) is 40.0. The number of aryl methyl sites for hydroxylation is 1. The van der Waals surface area contributed by atoms with Gasteiger partial charge in [-0.05, 0) is 46.8 Å². The van der Waals surface area contributed by atoms with Crippen molar-refractivity contribution in [1.29, 1.82) is 0 Å². The maximum absolute atomic E-state index is 12.0. The number of benzene rings is 1. The molecule has 0 amide bonds. The van der Waals surface area contributed by atoms with Gasteiger partial charge in [-0.1, -0.05) is 90.6 Å². The Morgan fingerprint density at radius 1 is 0.656 bits per heavy atom. The first-order valence-electron chi connectivity index (χ1n) is 19.5. The number of hydrogen-bond donors (Lipinski definition) is 3. The number of rotatable bonds is 20. The van der Waals surface area contributed by atoms with Crippen LogP contribution in [0.5, 0.6) is 0 Å². The summed E-state index contributed by atoms with van der Waals surface area (Å²) in [6.07, 6.45) is 2.08. The highest BCUT2D eigenvalue weighted by Gasteiger charge is 2.28. The number of methoxy groups -OCH3 is 3. The van der Waals surface area contributed by atoms with Crippen molar-refractivity contribution in [2.45, 2.75) is 123 Å². The maximum atomic E-state index is 12.0. The van der Waals surface area contributed by atoms with Crippen LogP contribution in [0.25, 0.3) is 0 Å². The molecule has 0 heterocycles. The van der Waals surface area contributed by atoms with Gasteiger partial charge in [0.05, 0.1) is 68.0 Å². The summed E-state index contributed by atoms with van der Waals surface area (Å²) in [7, 11) is 0.151. The minimum atomic E-state index is -3.87. The van der Waals surface area contributed by atoms with Crippen molar-refractivity contribution in [2.24, 2.45) is 29.6 Å². The third-order valence-electron chi connectivity index (χ3n) is 8.93. The van der Waals surface area contributed by atoms with Crippen LogP contribution < -0.4 is 0 Å². The van der Waals surface area contributed by atoms with Crippen LogP contribution in [0, 0.1) is 36.5 Å². The molecule has 371 valence electrons. The predicted molar refractivity (Wildman–Crippen MR) is 264 cm³/mol. The molecule has 0 aliphatic rings. The van der Waals surface area contributed by atoms with Crippen molar-refractivity contribution in [3.05, 3.63) is 55.1 Å². The number of carboxylic acid groups (broad SMARTS) is 2. The van der Waals surface area contributed by atoms with E-state index < -0.39 is 52.1 Å². The quantitative estimate of drug-likeness (QED) is 0.0368. The molecule has 10 atom stereocenters. The van der Waals surface area contributed by atoms with Gasteiger partial charge in [0, 0.05) is 44.0 Å². The van der Waals surface area contributed by atoms with E-state index >= 15 is 0 Å². The summed E-state index contributed by atoms with van der Waals surface area (Å²) in [5, 5.41) is 25.9. The number of aliphatic carboxylic acids is 2. The van der Waals surface area contributed by atoms with E-state index in [4.69, 9.17) is 19.5 Å². The highest BCUT2D eigenvalue weighted by molar-refractivity contribution is 8.14. The van der Waals surface area contributed by atoms with Crippen LogP contribution in [-0.2, 0) is 57.3 Å². The molecule has 0 spiro atoms. The third kappa shape index (κ3) is 34.1. The molecule has 0 saturated heterocycles. The highest BCUT2D eigenvalue weighted by atomic mass is 32.2. The lowest BCUT2D eigenvalue weighted by atomic mass is 10.1. The van der Waals surface area contributed by atoms with Crippen molar-refractivity contribution in [1.82, 2.24) is 0 Å². The van der Waals surface area contributed by atoms with Gasteiger partial charge < -0.3 is 29.5 Å². The molecule has 1 aromatic rings. The lowest BCUT2D eigenvalue weighted by Gasteiger charge is -2.18. The predicted octanol–water partition coefficient (Wildman–Crippen LogP) is 8.07. The van der Waals surface area contributed by atoms with Crippen LogP contribution in [-0.4, -0.2) is 128 Å². The minimum absolute atomic E-state index is 0. The molecule has 0 saturated carbocycles. The van der Waals surface area contributed by atoms with Crippen molar-refractivity contribution in [3.63, 3.8) is 0 Å². The van der Waals surface area contributed by atoms with Crippen molar-refractivity contribution in [2.75, 3.05) is 32.8 Å². The van der Waals surface area contributed by atoms with Crippen LogP contribution in [0.3, 0.4) is 0 Å². The Morgan fingerprint density at radius 3 is 1.30 bits per heavy atom. The Hall–Kier alpha value is -3.30. The van der Waals surface area contributed by atoms with E-state index in [9.17, 15) is 37.2 Å². The molecule has 0 aromatic heterocycles. The van der Waals surface area contributed by atoms with Gasteiger partial charge in [0.25, 0.3) is 10.1 Å². The number of aliphatic hydroxyl groups excluding tert-OH is 1. The van der Waals surface area contributed by atoms with Crippen LogP contribution in [0.15, 0.2) is 54.5 Å². The summed E-state index contributed by atoms with van der Waals surface area (Å²) in [6, 6.07) is 6.32. The fraction of sp³-hybridized carbons (Fsp3) is 0.636. The van der Waals surface area contributed by atoms with Crippen molar-refractivity contribution >= 4 is 88.8 Å². The second-order valence-corrected chi connectivity index (χ2v) is 19.9. The molecule has 3 radical (unpaired) electrons. The van der Waals surface area contributed by atoms with E-state index in [0.717, 1.165) is 17.1 Å². The van der Waals surface area contributed by atoms with E-state index in [0.29, 0.717) is 0 Å². The average molecular weight is 987 g/mol. The Balaban J connectivity index is -0.000000132. The summed E-state index contributed by atoms with van der Waals surface area (Å²) in [5.74, 6) is -2.78. The lowest BCUT2D eigenvalue weighted by Crippen LogP contribution is -2.29. The van der Waals surface area contributed by atoms with E-state index in [1.54, 1.807) is 62.5 Å². The normalized spacial score (nSPS) is 14.8. The molecule has 3 N–H and O–H groups in total. The summed E-state index contributed by atoms with van der Waals surface area (Å²) in [6.45, 7) is 27.7. The fourth-order valence-electron chi connectivity index (χ4n) is 3.68. The Morgan fingerprint density at radius 2 is 1.00 bits per heavy atom. The average Bonchev–Trinajstić information content (AvgIpc) is 3.22. The fourth-order valence-corrected chi connectivity index (χ4v) is 7.35. The monoisotopic (exact) mass is 986 g/mol. The molecular formula is C44H78BO15S4. The molecule has 20 heteroatoms. The number of thioether (sulfide) groups is 3. The minimum Gasteiger partial charge on any atom is -0.481 e. The zero-order valence-corrected chi connectivity index (χ0v) is 42.8. The standard InChI is InChI=1S/C13H18O5S.C9H16O2S.C8H14O3S.C8H14O2S.C5H10O3.CH4.B.H2/c1-9-5-7-12(8-6-9)19(15,16)18-11(3)10(2)13(14)17-4;1-5-6-12-8(3)7(2)9(10)11-4;1-5(8(10)11-4)6(2)12-7(3)9;1-4-5-11-7(3)6(2)8(9)10;1-3(4(2)6)5(7)8;;;/h5-8,10-11H,1-4H3;5,7-8H,1,6H2,2-4H3;5-6H,1-4H3;4,6-7H,1,5H2,2-3H3,(H,9,10);3-4,6H,1-2H3,(H,7,8);1H4;;1H/t10-,11+;7-,8-;5-,6-;6-,7-;3-,4?;;;/m00000.../s1/i;;;;;;;1+1. The number of aliphatic hydroxyl groups is 1. The molecule has 64 heavy (non-hydrogen) atoms.